The summed E-state index contributed by atoms with van der Waals surface area (Å²) in [5, 5.41) is 5.34. The minimum Gasteiger partial charge on any atom is -0.370 e. The molecule has 2 aromatic heterocycles. The highest BCUT2D eigenvalue weighted by Crippen LogP contribution is 2.30. The van der Waals surface area contributed by atoms with Gasteiger partial charge in [0.1, 0.15) is 16.7 Å². The second-order valence-corrected chi connectivity index (χ2v) is 5.97. The Balaban J connectivity index is 2.33. The van der Waals surface area contributed by atoms with Gasteiger partial charge in [0, 0.05) is 38.0 Å². The van der Waals surface area contributed by atoms with E-state index in [4.69, 9.17) is 4.98 Å². The van der Waals surface area contributed by atoms with E-state index in [2.05, 4.69) is 36.1 Å². The van der Waals surface area contributed by atoms with E-state index in [0.717, 1.165) is 53.2 Å². The molecule has 0 unspecified atom stereocenters. The molecule has 0 aliphatic carbocycles. The third kappa shape index (κ3) is 3.97. The maximum Gasteiger partial charge on any atom is 0.174 e. The Kier molecular flexibility index (Phi) is 5.61. The highest BCUT2D eigenvalue weighted by Gasteiger charge is 2.13. The van der Waals surface area contributed by atoms with Gasteiger partial charge in [0.15, 0.2) is 5.16 Å². The van der Waals surface area contributed by atoms with Crippen LogP contribution in [0.3, 0.4) is 0 Å². The maximum atomic E-state index is 4.71. The molecule has 2 aromatic rings. The minimum atomic E-state index is 0.898. The molecule has 114 valence electrons. The normalized spacial score (nSPS) is 10.9. The molecule has 2 heterocycles. The van der Waals surface area contributed by atoms with Gasteiger partial charge in [-0.3, -0.25) is 0 Å². The first-order valence-electron chi connectivity index (χ1n) is 7.42. The van der Waals surface area contributed by atoms with Crippen LogP contribution in [0.25, 0.3) is 0 Å². The first-order chi connectivity index (χ1) is 10.2. The lowest BCUT2D eigenvalue weighted by molar-refractivity contribution is 0.778. The fraction of sp³-hybridized carbons (Fsp3) is 0.533. The number of imidazole rings is 1. The number of nitrogens with one attached hydrogen (secondary N) is 1. The number of aromatic nitrogens is 4. The molecule has 21 heavy (non-hydrogen) atoms. The lowest BCUT2D eigenvalue weighted by atomic mass is 10.3. The summed E-state index contributed by atoms with van der Waals surface area (Å²) in [7, 11) is 2.00. The van der Waals surface area contributed by atoms with E-state index in [1.165, 1.54) is 0 Å². The number of aryl methyl sites for hydroxylation is 2. The number of rotatable bonds is 7. The van der Waals surface area contributed by atoms with Gasteiger partial charge in [-0.05, 0) is 31.5 Å². The smallest absolute Gasteiger partial charge is 0.174 e. The fourth-order valence-electron chi connectivity index (χ4n) is 1.93. The van der Waals surface area contributed by atoms with E-state index in [1.807, 2.05) is 24.0 Å². The first-order valence-corrected chi connectivity index (χ1v) is 8.23. The number of anilines is 1. The summed E-state index contributed by atoms with van der Waals surface area (Å²) in [5.41, 5.74) is 1.09. The van der Waals surface area contributed by atoms with Crippen LogP contribution < -0.4 is 5.32 Å². The topological polar surface area (TPSA) is 55.6 Å². The van der Waals surface area contributed by atoms with Gasteiger partial charge in [-0.1, -0.05) is 13.8 Å². The van der Waals surface area contributed by atoms with Crippen molar-refractivity contribution in [1.82, 2.24) is 19.5 Å². The van der Waals surface area contributed by atoms with Crippen molar-refractivity contribution in [3.63, 3.8) is 0 Å². The predicted molar refractivity (Wildman–Crippen MR) is 86.9 cm³/mol. The van der Waals surface area contributed by atoms with Crippen molar-refractivity contribution in [2.45, 2.75) is 50.2 Å². The number of nitrogens with zero attached hydrogens (tertiary/aromatic N) is 4. The van der Waals surface area contributed by atoms with E-state index in [-0.39, 0.29) is 0 Å². The summed E-state index contributed by atoms with van der Waals surface area (Å²) in [6.45, 7) is 7.29. The van der Waals surface area contributed by atoms with Crippen LogP contribution in [0.4, 0.5) is 5.82 Å². The molecular weight excluding hydrogens is 282 g/mol. The van der Waals surface area contributed by atoms with Gasteiger partial charge in [0.25, 0.3) is 0 Å². The molecule has 0 aliphatic heterocycles. The molecule has 0 saturated carbocycles. The monoisotopic (exact) mass is 305 g/mol. The molecule has 0 bridgehead atoms. The Labute approximate surface area is 130 Å². The summed E-state index contributed by atoms with van der Waals surface area (Å²) in [5.74, 6) is 1.85. The molecule has 5 nitrogen and oxygen atoms in total. The number of hydrogen-bond acceptors (Lipinski definition) is 5. The summed E-state index contributed by atoms with van der Waals surface area (Å²) in [6.07, 6.45) is 6.77. The molecule has 2 rings (SSSR count). The molecular formula is C15H23N5S. The molecule has 0 amide bonds. The number of hydrogen-bond donors (Lipinski definition) is 1. The average molecular weight is 305 g/mol. The molecule has 0 aliphatic rings. The molecule has 1 N–H and O–H groups in total. The van der Waals surface area contributed by atoms with Crippen molar-refractivity contribution in [3.05, 3.63) is 23.8 Å². The minimum absolute atomic E-state index is 0.898. The van der Waals surface area contributed by atoms with Gasteiger partial charge < -0.3 is 9.88 Å². The Bertz CT molecular complexity index is 594. The second kappa shape index (κ2) is 7.45. The van der Waals surface area contributed by atoms with Crippen LogP contribution in [0.2, 0.25) is 0 Å². The molecule has 0 fully saturated rings. The molecule has 0 aromatic carbocycles. The van der Waals surface area contributed by atoms with Crippen LogP contribution in [0.5, 0.6) is 0 Å². The molecule has 6 heteroatoms. The summed E-state index contributed by atoms with van der Waals surface area (Å²) < 4.78 is 2.00. The van der Waals surface area contributed by atoms with Crippen molar-refractivity contribution >= 4 is 17.6 Å². The van der Waals surface area contributed by atoms with Crippen molar-refractivity contribution in [2.24, 2.45) is 7.05 Å². The van der Waals surface area contributed by atoms with E-state index in [0.29, 0.717) is 0 Å². The van der Waals surface area contributed by atoms with Gasteiger partial charge in [0.05, 0.1) is 0 Å². The van der Waals surface area contributed by atoms with Crippen molar-refractivity contribution in [1.29, 1.82) is 0 Å². The third-order valence-corrected chi connectivity index (χ3v) is 4.30. The second-order valence-electron chi connectivity index (χ2n) is 5.02. The Morgan fingerprint density at radius 3 is 2.67 bits per heavy atom. The Morgan fingerprint density at radius 1 is 1.24 bits per heavy atom. The van der Waals surface area contributed by atoms with Gasteiger partial charge in [0.2, 0.25) is 0 Å². The van der Waals surface area contributed by atoms with Crippen molar-refractivity contribution in [3.8, 4) is 0 Å². The highest BCUT2D eigenvalue weighted by molar-refractivity contribution is 7.99. The standard InChI is InChI=1S/C15H23N5S/c1-5-7-12-18-13(16-8-6-2)11(3)14(19-12)21-15-17-9-10-20(15)4/h9-10H,5-8H2,1-4H3,(H,16,18,19). The van der Waals surface area contributed by atoms with Crippen LogP contribution in [0.15, 0.2) is 22.6 Å². The fourth-order valence-corrected chi connectivity index (χ4v) is 2.82. The SMILES string of the molecule is CCCNc1nc(CCC)nc(Sc2nccn2C)c1C. The third-order valence-electron chi connectivity index (χ3n) is 3.13. The molecule has 0 saturated heterocycles. The van der Waals surface area contributed by atoms with Crippen LogP contribution in [0, 0.1) is 6.92 Å². The van der Waals surface area contributed by atoms with Gasteiger partial charge in [-0.25, -0.2) is 15.0 Å². The van der Waals surface area contributed by atoms with E-state index in [1.54, 1.807) is 11.8 Å². The lowest BCUT2D eigenvalue weighted by Crippen LogP contribution is -2.09. The van der Waals surface area contributed by atoms with E-state index >= 15 is 0 Å². The Morgan fingerprint density at radius 2 is 2.05 bits per heavy atom. The van der Waals surface area contributed by atoms with Crippen molar-refractivity contribution in [2.75, 3.05) is 11.9 Å². The van der Waals surface area contributed by atoms with E-state index < -0.39 is 0 Å². The molecule has 0 atom stereocenters. The van der Waals surface area contributed by atoms with Gasteiger partial charge in [-0.15, -0.1) is 0 Å². The molecule has 0 spiro atoms. The van der Waals surface area contributed by atoms with Gasteiger partial charge in [-0.2, -0.15) is 0 Å². The quantitative estimate of drug-likeness (QED) is 0.794. The summed E-state index contributed by atoms with van der Waals surface area (Å²) in [6, 6.07) is 0. The first kappa shape index (κ1) is 15.8. The van der Waals surface area contributed by atoms with Crippen LogP contribution in [-0.2, 0) is 13.5 Å². The van der Waals surface area contributed by atoms with Crippen LogP contribution >= 0.6 is 11.8 Å². The summed E-state index contributed by atoms with van der Waals surface area (Å²) >= 11 is 1.60. The zero-order valence-corrected chi connectivity index (χ0v) is 14.0. The maximum absolute atomic E-state index is 4.71. The van der Waals surface area contributed by atoms with Gasteiger partial charge >= 0.3 is 0 Å². The van der Waals surface area contributed by atoms with Crippen LogP contribution in [0.1, 0.15) is 38.1 Å². The zero-order valence-electron chi connectivity index (χ0n) is 13.2. The largest absolute Gasteiger partial charge is 0.370 e. The van der Waals surface area contributed by atoms with Crippen molar-refractivity contribution < 1.29 is 0 Å². The highest BCUT2D eigenvalue weighted by atomic mass is 32.2. The zero-order chi connectivity index (χ0) is 15.2. The lowest BCUT2D eigenvalue weighted by Gasteiger charge is -2.13. The molecule has 0 radical (unpaired) electrons. The summed E-state index contributed by atoms with van der Waals surface area (Å²) in [4.78, 5) is 13.7. The Hall–Kier alpha value is -1.56. The predicted octanol–water partition coefficient (Wildman–Crippen LogP) is 3.44. The average Bonchev–Trinajstić information content (AvgIpc) is 2.86. The van der Waals surface area contributed by atoms with Crippen LogP contribution in [-0.4, -0.2) is 26.1 Å². The van der Waals surface area contributed by atoms with E-state index in [9.17, 15) is 0 Å².